The largest absolute Gasteiger partial charge is 0.497 e. The van der Waals surface area contributed by atoms with E-state index in [1.807, 2.05) is 24.3 Å². The molecule has 2 aromatic rings. The number of aromatic nitrogens is 2. The van der Waals surface area contributed by atoms with Gasteiger partial charge < -0.3 is 9.72 Å². The minimum Gasteiger partial charge on any atom is -0.497 e. The lowest BCUT2D eigenvalue weighted by molar-refractivity contribution is 0.415. The molecule has 0 radical (unpaired) electrons. The Kier molecular flexibility index (Phi) is 4.04. The molecule has 0 aliphatic heterocycles. The second-order valence-corrected chi connectivity index (χ2v) is 5.58. The normalized spacial score (nSPS) is 15.9. The Bertz CT molecular complexity index is 655. The first-order valence-electron chi connectivity index (χ1n) is 7.51. The van der Waals surface area contributed by atoms with Crippen LogP contribution >= 0.6 is 0 Å². The minimum absolute atomic E-state index is 0.00252. The van der Waals surface area contributed by atoms with E-state index in [9.17, 15) is 4.79 Å². The molecule has 4 nitrogen and oxygen atoms in total. The molecule has 3 rings (SSSR count). The van der Waals surface area contributed by atoms with E-state index < -0.39 is 0 Å². The molecule has 1 aromatic carbocycles. The van der Waals surface area contributed by atoms with Crippen molar-refractivity contribution in [3.63, 3.8) is 0 Å². The highest BCUT2D eigenvalue weighted by molar-refractivity contribution is 5.55. The molecule has 1 aliphatic rings. The predicted octanol–water partition coefficient (Wildman–Crippen LogP) is 3.49. The summed E-state index contributed by atoms with van der Waals surface area (Å²) >= 11 is 0. The molecular weight excluding hydrogens is 264 g/mol. The lowest BCUT2D eigenvalue weighted by atomic mass is 9.85. The second-order valence-electron chi connectivity index (χ2n) is 5.58. The summed E-state index contributed by atoms with van der Waals surface area (Å²) in [7, 11) is 1.63. The standard InChI is InChI=1S/C17H20N2O2/c1-21-14-9-7-13(8-10-14)16-18-11-15(17(20)19-16)12-5-3-2-4-6-12/h7-12H,2-6H2,1H3,(H,18,19,20). The van der Waals surface area contributed by atoms with E-state index in [4.69, 9.17) is 4.74 Å². The van der Waals surface area contributed by atoms with E-state index >= 15 is 0 Å². The fourth-order valence-electron chi connectivity index (χ4n) is 3.00. The van der Waals surface area contributed by atoms with Gasteiger partial charge in [-0.25, -0.2) is 4.98 Å². The Morgan fingerprint density at radius 3 is 2.48 bits per heavy atom. The molecular formula is C17H20N2O2. The molecule has 4 heteroatoms. The van der Waals surface area contributed by atoms with Gasteiger partial charge in [0.05, 0.1) is 7.11 Å². The maximum atomic E-state index is 12.3. The molecule has 1 aromatic heterocycles. The van der Waals surface area contributed by atoms with Crippen molar-refractivity contribution in [1.82, 2.24) is 9.97 Å². The summed E-state index contributed by atoms with van der Waals surface area (Å²) < 4.78 is 5.13. The topological polar surface area (TPSA) is 55.0 Å². The van der Waals surface area contributed by atoms with Gasteiger partial charge in [-0.15, -0.1) is 0 Å². The van der Waals surface area contributed by atoms with Crippen molar-refractivity contribution < 1.29 is 4.74 Å². The Morgan fingerprint density at radius 2 is 1.86 bits per heavy atom. The third-order valence-electron chi connectivity index (χ3n) is 4.24. The van der Waals surface area contributed by atoms with Crippen LogP contribution in [0.15, 0.2) is 35.3 Å². The van der Waals surface area contributed by atoms with Gasteiger partial charge in [-0.1, -0.05) is 19.3 Å². The lowest BCUT2D eigenvalue weighted by Crippen LogP contribution is -2.19. The maximum absolute atomic E-state index is 12.3. The van der Waals surface area contributed by atoms with Crippen LogP contribution < -0.4 is 10.3 Å². The highest BCUT2D eigenvalue weighted by Crippen LogP contribution is 2.30. The highest BCUT2D eigenvalue weighted by atomic mass is 16.5. The Labute approximate surface area is 124 Å². The molecule has 1 N–H and O–H groups in total. The Balaban J connectivity index is 1.87. The van der Waals surface area contributed by atoms with Gasteiger partial charge in [0.25, 0.3) is 5.56 Å². The first kappa shape index (κ1) is 13.9. The third-order valence-corrected chi connectivity index (χ3v) is 4.24. The van der Waals surface area contributed by atoms with Crippen molar-refractivity contribution in [2.24, 2.45) is 0 Å². The molecule has 0 bridgehead atoms. The van der Waals surface area contributed by atoms with E-state index in [-0.39, 0.29) is 5.56 Å². The molecule has 1 aliphatic carbocycles. The van der Waals surface area contributed by atoms with E-state index in [2.05, 4.69) is 9.97 Å². The Hall–Kier alpha value is -2.10. The monoisotopic (exact) mass is 284 g/mol. The SMILES string of the molecule is COc1ccc(-c2ncc(C3CCCCC3)c(=O)[nH]2)cc1. The fraction of sp³-hybridized carbons (Fsp3) is 0.412. The molecule has 0 amide bonds. The van der Waals surface area contributed by atoms with Crippen molar-refractivity contribution in [2.45, 2.75) is 38.0 Å². The van der Waals surface area contributed by atoms with Crippen molar-refractivity contribution >= 4 is 0 Å². The quantitative estimate of drug-likeness (QED) is 0.938. The van der Waals surface area contributed by atoms with Gasteiger partial charge in [0, 0.05) is 17.3 Å². The van der Waals surface area contributed by atoms with Crippen LogP contribution in [-0.2, 0) is 0 Å². The number of aromatic amines is 1. The van der Waals surface area contributed by atoms with Crippen molar-refractivity contribution in [3.8, 4) is 17.1 Å². The third kappa shape index (κ3) is 2.99. The number of nitrogens with one attached hydrogen (secondary N) is 1. The number of ether oxygens (including phenoxy) is 1. The zero-order valence-corrected chi connectivity index (χ0v) is 12.3. The summed E-state index contributed by atoms with van der Waals surface area (Å²) in [5.41, 5.74) is 1.73. The average Bonchev–Trinajstić information content (AvgIpc) is 2.55. The molecule has 0 spiro atoms. The first-order chi connectivity index (χ1) is 10.3. The minimum atomic E-state index is 0.00252. The number of hydrogen-bond acceptors (Lipinski definition) is 3. The number of nitrogens with zero attached hydrogens (tertiary/aromatic N) is 1. The van der Waals surface area contributed by atoms with Crippen LogP contribution in [0.1, 0.15) is 43.6 Å². The van der Waals surface area contributed by atoms with Gasteiger partial charge in [0.1, 0.15) is 11.6 Å². The molecule has 1 fully saturated rings. The number of H-pyrrole nitrogens is 1. The van der Waals surface area contributed by atoms with Crippen LogP contribution in [0.25, 0.3) is 11.4 Å². The van der Waals surface area contributed by atoms with Gasteiger partial charge in [-0.05, 0) is 43.0 Å². The lowest BCUT2D eigenvalue weighted by Gasteiger charge is -2.20. The number of benzene rings is 1. The summed E-state index contributed by atoms with van der Waals surface area (Å²) in [4.78, 5) is 19.7. The second kappa shape index (κ2) is 6.12. The highest BCUT2D eigenvalue weighted by Gasteiger charge is 2.19. The number of methoxy groups -OCH3 is 1. The summed E-state index contributed by atoms with van der Waals surface area (Å²) in [6.45, 7) is 0. The van der Waals surface area contributed by atoms with Crippen molar-refractivity contribution in [1.29, 1.82) is 0 Å². The first-order valence-corrected chi connectivity index (χ1v) is 7.51. The molecule has 110 valence electrons. The van der Waals surface area contributed by atoms with Gasteiger partial charge in [-0.2, -0.15) is 0 Å². The van der Waals surface area contributed by atoms with E-state index in [0.717, 1.165) is 29.7 Å². The Morgan fingerprint density at radius 1 is 1.14 bits per heavy atom. The molecule has 0 unspecified atom stereocenters. The van der Waals surface area contributed by atoms with E-state index in [1.54, 1.807) is 13.3 Å². The van der Waals surface area contributed by atoms with Crippen LogP contribution in [-0.4, -0.2) is 17.1 Å². The van der Waals surface area contributed by atoms with Crippen molar-refractivity contribution in [3.05, 3.63) is 46.4 Å². The number of hydrogen-bond donors (Lipinski definition) is 1. The smallest absolute Gasteiger partial charge is 0.254 e. The zero-order valence-electron chi connectivity index (χ0n) is 12.3. The van der Waals surface area contributed by atoms with Gasteiger partial charge in [0.2, 0.25) is 0 Å². The van der Waals surface area contributed by atoms with Crippen LogP contribution in [0.2, 0.25) is 0 Å². The summed E-state index contributed by atoms with van der Waals surface area (Å²) in [6.07, 6.45) is 7.67. The molecule has 1 heterocycles. The molecule has 21 heavy (non-hydrogen) atoms. The molecule has 1 saturated carbocycles. The van der Waals surface area contributed by atoms with Gasteiger partial charge in [0.15, 0.2) is 0 Å². The van der Waals surface area contributed by atoms with Crippen molar-refractivity contribution in [2.75, 3.05) is 7.11 Å². The van der Waals surface area contributed by atoms with Crippen LogP contribution in [0.4, 0.5) is 0 Å². The molecule has 0 atom stereocenters. The summed E-state index contributed by atoms with van der Waals surface area (Å²) in [6, 6.07) is 7.53. The fourth-order valence-corrected chi connectivity index (χ4v) is 3.00. The molecule has 0 saturated heterocycles. The summed E-state index contributed by atoms with van der Waals surface area (Å²) in [5, 5.41) is 0. The predicted molar refractivity (Wildman–Crippen MR) is 82.7 cm³/mol. The summed E-state index contributed by atoms with van der Waals surface area (Å²) in [5.74, 6) is 1.78. The van der Waals surface area contributed by atoms with Crippen LogP contribution in [0, 0.1) is 0 Å². The average molecular weight is 284 g/mol. The number of rotatable bonds is 3. The maximum Gasteiger partial charge on any atom is 0.254 e. The van der Waals surface area contributed by atoms with Gasteiger partial charge >= 0.3 is 0 Å². The van der Waals surface area contributed by atoms with Crippen LogP contribution in [0.3, 0.4) is 0 Å². The zero-order chi connectivity index (χ0) is 14.7. The van der Waals surface area contributed by atoms with Gasteiger partial charge in [-0.3, -0.25) is 4.79 Å². The van der Waals surface area contributed by atoms with E-state index in [0.29, 0.717) is 11.7 Å². The van der Waals surface area contributed by atoms with Crippen LogP contribution in [0.5, 0.6) is 5.75 Å². The van der Waals surface area contributed by atoms with E-state index in [1.165, 1.54) is 19.3 Å².